The highest BCUT2D eigenvalue weighted by molar-refractivity contribution is 5.71. The molecule has 216 valence electrons. The first-order chi connectivity index (χ1) is 19.3. The predicted octanol–water partition coefficient (Wildman–Crippen LogP) is 7.25. The van der Waals surface area contributed by atoms with E-state index in [2.05, 4.69) is 15.0 Å². The van der Waals surface area contributed by atoms with Crippen LogP contribution in [0.1, 0.15) is 71.2 Å². The predicted molar refractivity (Wildman–Crippen MR) is 137 cm³/mol. The fourth-order valence-electron chi connectivity index (χ4n) is 5.74. The lowest BCUT2D eigenvalue weighted by Crippen LogP contribution is -2.30. The van der Waals surface area contributed by atoms with Gasteiger partial charge in [0.1, 0.15) is 11.3 Å². The Morgan fingerprint density at radius 1 is 0.951 bits per heavy atom. The minimum atomic E-state index is -4.77. The number of alkyl halides is 6. The number of rotatable bonds is 5. The third-order valence-corrected chi connectivity index (χ3v) is 7.60. The summed E-state index contributed by atoms with van der Waals surface area (Å²) in [7, 11) is 0. The van der Waals surface area contributed by atoms with Crippen LogP contribution in [0.15, 0.2) is 53.6 Å². The maximum absolute atomic E-state index is 14.6. The number of aryl methyl sites for hydroxylation is 1. The normalized spacial score (nSPS) is 18.1. The van der Waals surface area contributed by atoms with Crippen molar-refractivity contribution in [2.75, 3.05) is 0 Å². The first-order valence-corrected chi connectivity index (χ1v) is 13.0. The molecule has 0 aliphatic heterocycles. The zero-order valence-electron chi connectivity index (χ0n) is 21.9. The molecule has 5 rings (SSSR count). The van der Waals surface area contributed by atoms with Gasteiger partial charge in [-0.25, -0.2) is 9.37 Å². The Balaban J connectivity index is 1.56. The van der Waals surface area contributed by atoms with Gasteiger partial charge < -0.3 is 0 Å². The number of aromatic nitrogens is 4. The molecular formula is C29H25F7N4O. The molecule has 4 aromatic rings. The molecule has 0 saturated heterocycles. The Morgan fingerprint density at radius 3 is 2.32 bits per heavy atom. The molecule has 0 radical (unpaired) electrons. The lowest BCUT2D eigenvalue weighted by atomic mass is 9.75. The van der Waals surface area contributed by atoms with Crippen molar-refractivity contribution < 1.29 is 30.7 Å². The van der Waals surface area contributed by atoms with Gasteiger partial charge in [0.05, 0.1) is 29.9 Å². The molecule has 0 spiro atoms. The molecule has 5 nitrogen and oxygen atoms in total. The van der Waals surface area contributed by atoms with Crippen LogP contribution >= 0.6 is 0 Å². The topological polar surface area (TPSA) is 60.7 Å². The molecule has 3 heterocycles. The van der Waals surface area contributed by atoms with Crippen molar-refractivity contribution in [1.29, 1.82) is 0 Å². The average Bonchev–Trinajstić information content (AvgIpc) is 2.89. The Kier molecular flexibility index (Phi) is 7.60. The van der Waals surface area contributed by atoms with Crippen LogP contribution in [0.5, 0.6) is 0 Å². The lowest BCUT2D eigenvalue weighted by molar-refractivity contribution is -0.138. The summed E-state index contributed by atoms with van der Waals surface area (Å²) in [5.41, 5.74) is -1.08. The van der Waals surface area contributed by atoms with E-state index in [4.69, 9.17) is 0 Å². The second-order valence-corrected chi connectivity index (χ2v) is 10.4. The molecule has 0 N–H and O–H groups in total. The molecule has 1 aliphatic carbocycles. The van der Waals surface area contributed by atoms with Crippen LogP contribution < -0.4 is 5.56 Å². The van der Waals surface area contributed by atoms with E-state index in [1.165, 1.54) is 12.1 Å². The summed E-state index contributed by atoms with van der Waals surface area (Å²) in [4.78, 5) is 25.7. The number of halogens is 7. The van der Waals surface area contributed by atoms with E-state index in [1.54, 1.807) is 6.07 Å². The minimum absolute atomic E-state index is 0.0530. The molecule has 12 heteroatoms. The molecule has 0 bridgehead atoms. The number of nitrogens with zero attached hydrogens (tertiary/aromatic N) is 4. The Bertz CT molecular complexity index is 1620. The third kappa shape index (κ3) is 6.11. The minimum Gasteiger partial charge on any atom is -0.285 e. The van der Waals surface area contributed by atoms with Gasteiger partial charge in [0.25, 0.3) is 5.56 Å². The second-order valence-electron chi connectivity index (χ2n) is 10.4. The molecule has 0 amide bonds. The fourth-order valence-corrected chi connectivity index (χ4v) is 5.74. The van der Waals surface area contributed by atoms with Crippen LogP contribution in [0.25, 0.3) is 11.2 Å². The van der Waals surface area contributed by atoms with Crippen molar-refractivity contribution in [3.05, 3.63) is 98.6 Å². The van der Waals surface area contributed by atoms with Gasteiger partial charge in [-0.3, -0.25) is 19.3 Å². The number of hydrogen-bond donors (Lipinski definition) is 0. The monoisotopic (exact) mass is 578 g/mol. The van der Waals surface area contributed by atoms with Crippen molar-refractivity contribution in [1.82, 2.24) is 19.5 Å². The highest BCUT2D eigenvalue weighted by Crippen LogP contribution is 2.42. The van der Waals surface area contributed by atoms with Gasteiger partial charge in [-0.15, -0.1) is 0 Å². The summed E-state index contributed by atoms with van der Waals surface area (Å²) in [6.07, 6.45) is -6.50. The summed E-state index contributed by atoms with van der Waals surface area (Å²) in [5.74, 6) is -0.645. The summed E-state index contributed by atoms with van der Waals surface area (Å²) in [6.45, 7) is 1.18. The molecular weight excluding hydrogens is 553 g/mol. The van der Waals surface area contributed by atoms with E-state index in [9.17, 15) is 35.5 Å². The Hall–Kier alpha value is -3.83. The van der Waals surface area contributed by atoms with Gasteiger partial charge in [-0.1, -0.05) is 12.1 Å². The summed E-state index contributed by atoms with van der Waals surface area (Å²) in [6, 6.07) is 8.29. The molecule has 0 unspecified atom stereocenters. The van der Waals surface area contributed by atoms with Crippen LogP contribution in [0.4, 0.5) is 30.7 Å². The van der Waals surface area contributed by atoms with E-state index in [0.717, 1.165) is 34.7 Å². The molecule has 1 fully saturated rings. The van der Waals surface area contributed by atoms with E-state index < -0.39 is 47.8 Å². The van der Waals surface area contributed by atoms with Crippen molar-refractivity contribution in [3.63, 3.8) is 0 Å². The first kappa shape index (κ1) is 28.7. The second kappa shape index (κ2) is 10.9. The lowest BCUT2D eigenvalue weighted by Gasteiger charge is -2.30. The average molecular weight is 579 g/mol. The van der Waals surface area contributed by atoms with Crippen LogP contribution in [-0.2, 0) is 19.1 Å². The van der Waals surface area contributed by atoms with Crippen molar-refractivity contribution >= 4 is 11.2 Å². The SMILES string of the molecule is Cc1cccc(F)c1C1CCC(c2cc3ncc(CC(F)(F)F)nc3n(Cc3ncccc3C(F)(F)F)c2=O)CC1. The Labute approximate surface area is 230 Å². The summed E-state index contributed by atoms with van der Waals surface area (Å²) >= 11 is 0. The standard InChI is InChI=1S/C29H25F7N4O/c1-16-4-2-6-22(30)25(16)18-9-7-17(8-10-18)20-12-23-26(39-19(14-38-23)13-28(31,32)33)40(27(20)41)15-24-21(29(34,35)36)5-3-11-37-24/h2-6,11-12,14,17-18H,7-10,13,15H2,1H3. The maximum atomic E-state index is 14.6. The number of hydrogen-bond acceptors (Lipinski definition) is 4. The number of fused-ring (bicyclic) bond motifs is 1. The zero-order valence-corrected chi connectivity index (χ0v) is 21.9. The van der Waals surface area contributed by atoms with Crippen molar-refractivity contribution in [2.45, 2.75) is 69.8 Å². The summed E-state index contributed by atoms with van der Waals surface area (Å²) in [5, 5.41) is 0. The van der Waals surface area contributed by atoms with Crippen LogP contribution in [-0.4, -0.2) is 25.7 Å². The largest absolute Gasteiger partial charge is 0.418 e. The molecule has 41 heavy (non-hydrogen) atoms. The summed E-state index contributed by atoms with van der Waals surface area (Å²) < 4.78 is 95.9. The smallest absolute Gasteiger partial charge is 0.285 e. The van der Waals surface area contributed by atoms with E-state index in [1.807, 2.05) is 13.0 Å². The Morgan fingerprint density at radius 2 is 1.66 bits per heavy atom. The number of pyridine rings is 2. The highest BCUT2D eigenvalue weighted by Gasteiger charge is 2.35. The molecule has 3 aromatic heterocycles. The maximum Gasteiger partial charge on any atom is 0.418 e. The molecule has 1 aliphatic rings. The van der Waals surface area contributed by atoms with Crippen LogP contribution in [0.2, 0.25) is 0 Å². The highest BCUT2D eigenvalue weighted by atomic mass is 19.4. The van der Waals surface area contributed by atoms with E-state index in [0.29, 0.717) is 31.2 Å². The quantitative estimate of drug-likeness (QED) is 0.234. The van der Waals surface area contributed by atoms with E-state index >= 15 is 0 Å². The molecule has 0 atom stereocenters. The van der Waals surface area contributed by atoms with Crippen molar-refractivity contribution in [2.24, 2.45) is 0 Å². The number of benzene rings is 1. The third-order valence-electron chi connectivity index (χ3n) is 7.60. The zero-order chi connectivity index (χ0) is 29.5. The van der Waals surface area contributed by atoms with Gasteiger partial charge in [0.2, 0.25) is 0 Å². The fraction of sp³-hybridized carbons (Fsp3) is 0.379. The van der Waals surface area contributed by atoms with Crippen LogP contribution in [0.3, 0.4) is 0 Å². The van der Waals surface area contributed by atoms with Gasteiger partial charge in [0, 0.05) is 18.0 Å². The van der Waals surface area contributed by atoms with E-state index in [-0.39, 0.29) is 34.4 Å². The van der Waals surface area contributed by atoms with Crippen molar-refractivity contribution in [3.8, 4) is 0 Å². The van der Waals surface area contributed by atoms with Gasteiger partial charge in [-0.2, -0.15) is 26.3 Å². The van der Waals surface area contributed by atoms with Gasteiger partial charge in [-0.05, 0) is 79.8 Å². The van der Waals surface area contributed by atoms with Gasteiger partial charge >= 0.3 is 12.4 Å². The molecule has 1 aromatic carbocycles. The first-order valence-electron chi connectivity index (χ1n) is 13.0. The van der Waals surface area contributed by atoms with Crippen LogP contribution in [0, 0.1) is 12.7 Å². The molecule has 1 saturated carbocycles. The van der Waals surface area contributed by atoms with Gasteiger partial charge in [0.15, 0.2) is 5.65 Å².